The molecular formula is C22H23Cl2N7O. The number of carbonyl (C=O) groups excluding carboxylic acids is 1. The Morgan fingerprint density at radius 2 is 1.59 bits per heavy atom. The van der Waals surface area contributed by atoms with Crippen LogP contribution >= 0.6 is 23.2 Å². The number of hydrogen-bond donors (Lipinski definition) is 3. The Labute approximate surface area is 196 Å². The Morgan fingerprint density at radius 1 is 0.906 bits per heavy atom. The number of benzene rings is 2. The average Bonchev–Trinajstić information content (AvgIpc) is 2.77. The molecule has 2 aromatic carbocycles. The van der Waals surface area contributed by atoms with E-state index in [1.165, 1.54) is 6.33 Å². The average molecular weight is 472 g/mol. The normalized spacial score (nSPS) is 14.2. The number of likely N-dealkylation sites (N-methyl/N-ethyl adjacent to an activating group) is 1. The number of nitrogens with zero attached hydrogens (tertiary/aromatic N) is 4. The summed E-state index contributed by atoms with van der Waals surface area (Å²) in [7, 11) is 2.14. The van der Waals surface area contributed by atoms with Crippen LogP contribution in [0, 0.1) is 0 Å². The van der Waals surface area contributed by atoms with Crippen molar-refractivity contribution in [2.45, 2.75) is 0 Å². The van der Waals surface area contributed by atoms with Crippen molar-refractivity contribution >= 4 is 57.9 Å². The topological polar surface area (TPSA) is 85.4 Å². The Morgan fingerprint density at radius 3 is 2.34 bits per heavy atom. The summed E-state index contributed by atoms with van der Waals surface area (Å²) in [6, 6.07) is 14.3. The van der Waals surface area contributed by atoms with Gasteiger partial charge in [0.05, 0.1) is 15.7 Å². The van der Waals surface area contributed by atoms with Gasteiger partial charge < -0.3 is 20.4 Å². The first-order chi connectivity index (χ1) is 15.5. The third-order valence-corrected chi connectivity index (χ3v) is 5.73. The molecule has 1 aliphatic rings. The molecule has 3 N–H and O–H groups in total. The van der Waals surface area contributed by atoms with Gasteiger partial charge in [-0.05, 0) is 37.4 Å². The highest BCUT2D eigenvalue weighted by Gasteiger charge is 2.15. The number of hydrogen-bond acceptors (Lipinski definition) is 6. The third kappa shape index (κ3) is 5.59. The van der Waals surface area contributed by atoms with Crippen LogP contribution in [0.1, 0.15) is 0 Å². The van der Waals surface area contributed by atoms with Crippen molar-refractivity contribution in [2.24, 2.45) is 0 Å². The molecule has 2 amide bonds. The standard InChI is InChI=1S/C22H23Cl2N7O/c1-30-8-10-31(11-9-30)16-5-2-4-15(12-16)27-19-13-20(26-14-25-19)28-22(32)29-21-17(23)6-3-7-18(21)24/h2-7,12-14H,8-11H2,1H3,(H3,25,26,27,28,29,32). The number of rotatable bonds is 5. The Hall–Kier alpha value is -3.07. The number of aromatic nitrogens is 2. The number of amides is 2. The van der Waals surface area contributed by atoms with Gasteiger partial charge in [-0.2, -0.15) is 0 Å². The summed E-state index contributed by atoms with van der Waals surface area (Å²) >= 11 is 12.2. The number of piperazine rings is 1. The van der Waals surface area contributed by atoms with Gasteiger partial charge in [0.2, 0.25) is 0 Å². The van der Waals surface area contributed by atoms with Crippen molar-refractivity contribution in [2.75, 3.05) is 54.1 Å². The van der Waals surface area contributed by atoms with Crippen LogP contribution in [-0.2, 0) is 0 Å². The van der Waals surface area contributed by atoms with Crippen LogP contribution in [0.5, 0.6) is 0 Å². The molecule has 0 unspecified atom stereocenters. The summed E-state index contributed by atoms with van der Waals surface area (Å²) < 4.78 is 0. The van der Waals surface area contributed by atoms with Gasteiger partial charge in [0.25, 0.3) is 0 Å². The smallest absolute Gasteiger partial charge is 0.324 e. The molecular weight excluding hydrogens is 449 g/mol. The van der Waals surface area contributed by atoms with E-state index in [1.54, 1.807) is 24.3 Å². The molecule has 1 aliphatic heterocycles. The zero-order chi connectivity index (χ0) is 22.5. The molecule has 0 atom stereocenters. The van der Waals surface area contributed by atoms with Crippen LogP contribution in [0.3, 0.4) is 0 Å². The van der Waals surface area contributed by atoms with Gasteiger partial charge in [0, 0.05) is 43.6 Å². The van der Waals surface area contributed by atoms with E-state index < -0.39 is 6.03 Å². The Kier molecular flexibility index (Phi) is 6.94. The lowest BCUT2D eigenvalue weighted by Crippen LogP contribution is -2.44. The SMILES string of the molecule is CN1CCN(c2cccc(Nc3cc(NC(=O)Nc4c(Cl)cccc4Cl)ncn3)c2)CC1. The van der Waals surface area contributed by atoms with E-state index in [-0.39, 0.29) is 0 Å². The fourth-order valence-corrected chi connectivity index (χ4v) is 3.86. The van der Waals surface area contributed by atoms with Crippen molar-refractivity contribution in [1.82, 2.24) is 14.9 Å². The minimum atomic E-state index is -0.512. The molecule has 0 spiro atoms. The minimum Gasteiger partial charge on any atom is -0.369 e. The molecule has 0 saturated carbocycles. The van der Waals surface area contributed by atoms with E-state index in [1.807, 2.05) is 12.1 Å². The minimum absolute atomic E-state index is 0.332. The molecule has 1 aromatic heterocycles. The van der Waals surface area contributed by atoms with E-state index in [4.69, 9.17) is 23.2 Å². The summed E-state index contributed by atoms with van der Waals surface area (Å²) in [6.07, 6.45) is 1.38. The molecule has 1 fully saturated rings. The zero-order valence-corrected chi connectivity index (χ0v) is 19.0. The lowest BCUT2D eigenvalue weighted by atomic mass is 10.2. The third-order valence-electron chi connectivity index (χ3n) is 5.10. The van der Waals surface area contributed by atoms with Gasteiger partial charge in [-0.1, -0.05) is 35.3 Å². The Balaban J connectivity index is 1.41. The molecule has 2 heterocycles. The molecule has 3 aromatic rings. The highest BCUT2D eigenvalue weighted by molar-refractivity contribution is 6.39. The monoisotopic (exact) mass is 471 g/mol. The molecule has 166 valence electrons. The highest BCUT2D eigenvalue weighted by Crippen LogP contribution is 2.30. The van der Waals surface area contributed by atoms with Crippen LogP contribution in [0.25, 0.3) is 0 Å². The largest absolute Gasteiger partial charge is 0.369 e. The second-order valence-corrected chi connectivity index (χ2v) is 8.24. The molecule has 32 heavy (non-hydrogen) atoms. The number of carbonyl (C=O) groups is 1. The first kappa shape index (κ1) is 22.1. The quantitative estimate of drug-likeness (QED) is 0.489. The summed E-state index contributed by atoms with van der Waals surface area (Å²) in [5.74, 6) is 0.889. The fourth-order valence-electron chi connectivity index (χ4n) is 3.37. The second-order valence-electron chi connectivity index (χ2n) is 7.43. The first-order valence-corrected chi connectivity index (χ1v) is 10.9. The van der Waals surface area contributed by atoms with Crippen molar-refractivity contribution in [3.63, 3.8) is 0 Å². The van der Waals surface area contributed by atoms with Gasteiger partial charge in [-0.3, -0.25) is 5.32 Å². The van der Waals surface area contributed by atoms with Gasteiger partial charge in [0.15, 0.2) is 0 Å². The molecule has 8 nitrogen and oxygen atoms in total. The lowest BCUT2D eigenvalue weighted by Gasteiger charge is -2.34. The molecule has 4 rings (SSSR count). The van der Waals surface area contributed by atoms with E-state index in [0.717, 1.165) is 37.6 Å². The zero-order valence-electron chi connectivity index (χ0n) is 17.5. The van der Waals surface area contributed by atoms with E-state index in [2.05, 4.69) is 54.9 Å². The molecule has 10 heteroatoms. The van der Waals surface area contributed by atoms with E-state index >= 15 is 0 Å². The number of nitrogens with one attached hydrogen (secondary N) is 3. The maximum absolute atomic E-state index is 12.4. The van der Waals surface area contributed by atoms with E-state index in [9.17, 15) is 4.79 Å². The van der Waals surface area contributed by atoms with Gasteiger partial charge >= 0.3 is 6.03 Å². The van der Waals surface area contributed by atoms with Crippen molar-refractivity contribution in [3.8, 4) is 0 Å². The molecule has 0 bridgehead atoms. The second kappa shape index (κ2) is 10.0. The van der Waals surface area contributed by atoms with Gasteiger partial charge in [-0.25, -0.2) is 14.8 Å². The van der Waals surface area contributed by atoms with Crippen LogP contribution in [-0.4, -0.2) is 54.1 Å². The summed E-state index contributed by atoms with van der Waals surface area (Å²) in [4.78, 5) is 25.4. The summed E-state index contributed by atoms with van der Waals surface area (Å²) in [6.45, 7) is 4.07. The van der Waals surface area contributed by atoms with Crippen molar-refractivity contribution in [3.05, 3.63) is 64.9 Å². The van der Waals surface area contributed by atoms with Crippen molar-refractivity contribution in [1.29, 1.82) is 0 Å². The van der Waals surface area contributed by atoms with Crippen LogP contribution in [0.4, 0.5) is 33.5 Å². The highest BCUT2D eigenvalue weighted by atomic mass is 35.5. The van der Waals surface area contributed by atoms with Crippen LogP contribution in [0.15, 0.2) is 54.9 Å². The van der Waals surface area contributed by atoms with Crippen LogP contribution < -0.4 is 20.9 Å². The van der Waals surface area contributed by atoms with Gasteiger partial charge in [0.1, 0.15) is 18.0 Å². The number of anilines is 5. The van der Waals surface area contributed by atoms with Crippen molar-refractivity contribution < 1.29 is 4.79 Å². The predicted octanol–water partition coefficient (Wildman–Crippen LogP) is 4.92. The first-order valence-electron chi connectivity index (χ1n) is 10.1. The fraction of sp³-hybridized carbons (Fsp3) is 0.227. The van der Waals surface area contributed by atoms with Crippen LogP contribution in [0.2, 0.25) is 10.0 Å². The Bertz CT molecular complexity index is 1080. The number of halogens is 2. The number of para-hydroxylation sites is 1. The predicted molar refractivity (Wildman–Crippen MR) is 131 cm³/mol. The molecule has 0 aliphatic carbocycles. The summed E-state index contributed by atoms with van der Waals surface area (Å²) in [5.41, 5.74) is 2.39. The maximum atomic E-state index is 12.4. The lowest BCUT2D eigenvalue weighted by molar-refractivity contribution is 0.262. The maximum Gasteiger partial charge on any atom is 0.324 e. The molecule has 0 radical (unpaired) electrons. The number of urea groups is 1. The molecule has 1 saturated heterocycles. The van der Waals surface area contributed by atoms with E-state index in [0.29, 0.717) is 27.4 Å². The summed E-state index contributed by atoms with van der Waals surface area (Å²) in [5, 5.41) is 9.27. The van der Waals surface area contributed by atoms with Gasteiger partial charge in [-0.15, -0.1) is 0 Å².